The molecule has 28 heavy (non-hydrogen) atoms. The monoisotopic (exact) mass is 379 g/mol. The molecule has 0 bridgehead atoms. The van der Waals surface area contributed by atoms with Crippen LogP contribution in [-0.2, 0) is 11.3 Å². The molecule has 0 unspecified atom stereocenters. The number of hydrogen-bond acceptors (Lipinski definition) is 5. The van der Waals surface area contributed by atoms with Crippen molar-refractivity contribution in [2.75, 3.05) is 27.2 Å². The predicted molar refractivity (Wildman–Crippen MR) is 106 cm³/mol. The highest BCUT2D eigenvalue weighted by Crippen LogP contribution is 2.26. The predicted octanol–water partition coefficient (Wildman–Crippen LogP) is 2.62. The Morgan fingerprint density at radius 1 is 1.21 bits per heavy atom. The second-order valence-corrected chi connectivity index (χ2v) is 7.37. The van der Waals surface area contributed by atoms with E-state index in [-0.39, 0.29) is 11.8 Å². The van der Waals surface area contributed by atoms with Crippen LogP contribution < -0.4 is 4.74 Å². The van der Waals surface area contributed by atoms with Crippen molar-refractivity contribution in [3.05, 3.63) is 59.7 Å². The van der Waals surface area contributed by atoms with Gasteiger partial charge in [-0.15, -0.1) is 0 Å². The summed E-state index contributed by atoms with van der Waals surface area (Å²) in [6.45, 7) is 1.98. The smallest absolute Gasteiger partial charge is 0.222 e. The first-order valence-corrected chi connectivity index (χ1v) is 9.32. The molecule has 0 spiro atoms. The molecular formula is C22H25N3O3. The Morgan fingerprint density at radius 2 is 1.93 bits per heavy atom. The van der Waals surface area contributed by atoms with Gasteiger partial charge >= 0.3 is 0 Å². The molecule has 0 aliphatic carbocycles. The van der Waals surface area contributed by atoms with Crippen LogP contribution in [0.4, 0.5) is 0 Å². The highest BCUT2D eigenvalue weighted by atomic mass is 16.5. The first kappa shape index (κ1) is 19.9. The van der Waals surface area contributed by atoms with E-state index in [9.17, 15) is 9.90 Å². The molecule has 1 amide bonds. The molecular weight excluding hydrogens is 354 g/mol. The largest absolute Gasteiger partial charge is 0.456 e. The van der Waals surface area contributed by atoms with Gasteiger partial charge in [0.1, 0.15) is 17.6 Å². The van der Waals surface area contributed by atoms with Gasteiger partial charge in [0.2, 0.25) is 5.91 Å². The Labute approximate surface area is 165 Å². The number of aliphatic hydroxyl groups is 1. The standard InChI is InChI=1S/C22H25N3O3/c1-24(2)22(27)11-18-14-25(15-20(18)26)13-16-7-9-19(10-8-16)28-21-6-4-3-5-17(21)12-23/h3-10,18,20,26H,11,13-15H2,1-2H3/t18-,20-/m1/s1. The highest BCUT2D eigenvalue weighted by molar-refractivity contribution is 5.75. The summed E-state index contributed by atoms with van der Waals surface area (Å²) in [7, 11) is 3.47. The number of likely N-dealkylation sites (tertiary alicyclic amines) is 1. The van der Waals surface area contributed by atoms with Crippen molar-refractivity contribution >= 4 is 5.91 Å². The number of para-hydroxylation sites is 1. The van der Waals surface area contributed by atoms with Crippen LogP contribution >= 0.6 is 0 Å². The van der Waals surface area contributed by atoms with Gasteiger partial charge in [0.05, 0.1) is 11.7 Å². The summed E-state index contributed by atoms with van der Waals surface area (Å²) < 4.78 is 5.81. The van der Waals surface area contributed by atoms with Crippen LogP contribution in [-0.4, -0.2) is 54.1 Å². The van der Waals surface area contributed by atoms with Gasteiger partial charge in [-0.3, -0.25) is 9.69 Å². The Bertz CT molecular complexity index is 858. The van der Waals surface area contributed by atoms with Gasteiger partial charge in [-0.2, -0.15) is 5.26 Å². The Balaban J connectivity index is 1.57. The molecule has 1 heterocycles. The van der Waals surface area contributed by atoms with Crippen LogP contribution in [0.15, 0.2) is 48.5 Å². The van der Waals surface area contributed by atoms with Gasteiger partial charge in [-0.05, 0) is 29.8 Å². The zero-order valence-electron chi connectivity index (χ0n) is 16.2. The molecule has 2 atom stereocenters. The van der Waals surface area contributed by atoms with E-state index < -0.39 is 6.10 Å². The number of benzene rings is 2. The molecule has 6 heteroatoms. The molecule has 3 rings (SSSR count). The van der Waals surface area contributed by atoms with Gasteiger partial charge in [0.25, 0.3) is 0 Å². The van der Waals surface area contributed by atoms with Gasteiger partial charge in [-0.1, -0.05) is 24.3 Å². The van der Waals surface area contributed by atoms with Gasteiger partial charge in [-0.25, -0.2) is 0 Å². The lowest BCUT2D eigenvalue weighted by Crippen LogP contribution is -2.28. The lowest BCUT2D eigenvalue weighted by molar-refractivity contribution is -0.130. The van der Waals surface area contributed by atoms with E-state index in [1.165, 1.54) is 0 Å². The topological polar surface area (TPSA) is 76.8 Å². The Morgan fingerprint density at radius 3 is 2.61 bits per heavy atom. The molecule has 6 nitrogen and oxygen atoms in total. The highest BCUT2D eigenvalue weighted by Gasteiger charge is 2.32. The molecule has 146 valence electrons. The summed E-state index contributed by atoms with van der Waals surface area (Å²) >= 11 is 0. The molecule has 1 N–H and O–H groups in total. The van der Waals surface area contributed by atoms with Crippen molar-refractivity contribution in [3.8, 4) is 17.6 Å². The molecule has 1 aliphatic heterocycles. The third kappa shape index (κ3) is 4.89. The van der Waals surface area contributed by atoms with E-state index in [0.717, 1.165) is 5.56 Å². The van der Waals surface area contributed by atoms with Crippen molar-refractivity contribution in [1.82, 2.24) is 9.80 Å². The third-order valence-electron chi connectivity index (χ3n) is 4.98. The number of aliphatic hydroxyl groups excluding tert-OH is 1. The van der Waals surface area contributed by atoms with Crippen LogP contribution in [0.1, 0.15) is 17.5 Å². The number of nitrogens with zero attached hydrogens (tertiary/aromatic N) is 3. The number of carbonyl (C=O) groups is 1. The second-order valence-electron chi connectivity index (χ2n) is 7.37. The number of β-amino-alcohol motifs (C(OH)–C–C–N with tert-alkyl or cyclic N) is 1. The molecule has 0 saturated carbocycles. The number of amides is 1. The minimum absolute atomic E-state index is 0.0278. The van der Waals surface area contributed by atoms with E-state index in [4.69, 9.17) is 10.00 Å². The average Bonchev–Trinajstić information content (AvgIpc) is 3.02. The minimum Gasteiger partial charge on any atom is -0.456 e. The normalized spacial score (nSPS) is 19.2. The molecule has 0 aromatic heterocycles. The fourth-order valence-electron chi connectivity index (χ4n) is 3.37. The lowest BCUT2D eigenvalue weighted by Gasteiger charge is -2.17. The average molecular weight is 379 g/mol. The summed E-state index contributed by atoms with van der Waals surface area (Å²) in [4.78, 5) is 15.6. The van der Waals surface area contributed by atoms with Crippen LogP contribution in [0.3, 0.4) is 0 Å². The number of hydrogen-bond donors (Lipinski definition) is 1. The second kappa shape index (κ2) is 8.87. The number of ether oxygens (including phenoxy) is 1. The van der Waals surface area contributed by atoms with Crippen LogP contribution in [0.5, 0.6) is 11.5 Å². The molecule has 1 aliphatic rings. The number of rotatable bonds is 6. The lowest BCUT2D eigenvalue weighted by atomic mass is 10.0. The van der Waals surface area contributed by atoms with Crippen molar-refractivity contribution < 1.29 is 14.6 Å². The summed E-state index contributed by atoms with van der Waals surface area (Å²) in [6, 6.07) is 17.0. The first-order valence-electron chi connectivity index (χ1n) is 9.32. The van der Waals surface area contributed by atoms with E-state index in [1.54, 1.807) is 37.2 Å². The number of carbonyl (C=O) groups excluding carboxylic acids is 1. The molecule has 2 aromatic carbocycles. The zero-order valence-corrected chi connectivity index (χ0v) is 16.2. The van der Waals surface area contributed by atoms with Crippen LogP contribution in [0.2, 0.25) is 0 Å². The Kier molecular flexibility index (Phi) is 6.30. The van der Waals surface area contributed by atoms with E-state index in [1.807, 2.05) is 30.3 Å². The maximum atomic E-state index is 11.9. The molecule has 0 radical (unpaired) electrons. The van der Waals surface area contributed by atoms with Gasteiger partial charge in [0, 0.05) is 46.1 Å². The van der Waals surface area contributed by atoms with Crippen molar-refractivity contribution in [1.29, 1.82) is 5.26 Å². The molecule has 2 aromatic rings. The maximum absolute atomic E-state index is 11.9. The van der Waals surface area contributed by atoms with Gasteiger partial charge < -0.3 is 14.7 Å². The van der Waals surface area contributed by atoms with Crippen molar-refractivity contribution in [2.45, 2.75) is 19.1 Å². The van der Waals surface area contributed by atoms with Gasteiger partial charge in [0.15, 0.2) is 0 Å². The molecule has 1 saturated heterocycles. The fourth-order valence-corrected chi connectivity index (χ4v) is 3.37. The van der Waals surface area contributed by atoms with E-state index in [2.05, 4.69) is 11.0 Å². The van der Waals surface area contributed by atoms with Crippen molar-refractivity contribution in [3.63, 3.8) is 0 Å². The number of nitriles is 1. The van der Waals surface area contributed by atoms with E-state index in [0.29, 0.717) is 43.1 Å². The Hall–Kier alpha value is -2.88. The zero-order chi connectivity index (χ0) is 20.1. The minimum atomic E-state index is -0.478. The first-order chi connectivity index (χ1) is 13.5. The van der Waals surface area contributed by atoms with E-state index >= 15 is 0 Å². The summed E-state index contributed by atoms with van der Waals surface area (Å²) in [6.07, 6.45) is -0.107. The summed E-state index contributed by atoms with van der Waals surface area (Å²) in [5.41, 5.74) is 1.60. The SMILES string of the molecule is CN(C)C(=O)C[C@@H]1CN(Cc2ccc(Oc3ccccc3C#N)cc2)C[C@H]1O. The fraction of sp³-hybridized carbons (Fsp3) is 0.364. The van der Waals surface area contributed by atoms with Crippen LogP contribution in [0.25, 0.3) is 0 Å². The third-order valence-corrected chi connectivity index (χ3v) is 4.98. The molecule has 1 fully saturated rings. The summed E-state index contributed by atoms with van der Waals surface area (Å²) in [5.74, 6) is 1.22. The van der Waals surface area contributed by atoms with Crippen LogP contribution in [0, 0.1) is 17.2 Å². The quantitative estimate of drug-likeness (QED) is 0.835. The summed E-state index contributed by atoms with van der Waals surface area (Å²) in [5, 5.41) is 19.4. The van der Waals surface area contributed by atoms with Crippen molar-refractivity contribution in [2.24, 2.45) is 5.92 Å². The maximum Gasteiger partial charge on any atom is 0.222 e.